The highest BCUT2D eigenvalue weighted by atomic mass is 16.6. The fourth-order valence-corrected chi connectivity index (χ4v) is 5.79. The number of hydrogen-bond donors (Lipinski definition) is 0. The van der Waals surface area contributed by atoms with Crippen LogP contribution in [0.15, 0.2) is 134 Å². The van der Waals surface area contributed by atoms with Gasteiger partial charge in [0.2, 0.25) is 0 Å². The molecule has 0 bridgehead atoms. The zero-order valence-corrected chi connectivity index (χ0v) is 38.4. The molecule has 1 unspecified atom stereocenters. The molecule has 0 fully saturated rings. The van der Waals surface area contributed by atoms with Gasteiger partial charge in [-0.25, -0.2) is 0 Å². The average molecular weight is 827 g/mol. The van der Waals surface area contributed by atoms with Crippen LogP contribution in [0.25, 0.3) is 0 Å². The molecule has 0 heterocycles. The van der Waals surface area contributed by atoms with Crippen molar-refractivity contribution in [3.63, 3.8) is 0 Å². The molecule has 0 saturated carbocycles. The lowest BCUT2D eigenvalue weighted by Crippen LogP contribution is -2.30. The van der Waals surface area contributed by atoms with E-state index in [0.717, 1.165) is 128 Å². The van der Waals surface area contributed by atoms with Crippen molar-refractivity contribution >= 4 is 11.9 Å². The second kappa shape index (κ2) is 49.4. The van der Waals surface area contributed by atoms with Crippen LogP contribution in [0.2, 0.25) is 0 Å². The van der Waals surface area contributed by atoms with E-state index in [9.17, 15) is 9.59 Å². The number of carbonyl (C=O) groups is 2. The second-order valence-electron chi connectivity index (χ2n) is 14.9. The minimum absolute atomic E-state index is 0.00541. The summed E-state index contributed by atoms with van der Waals surface area (Å²) >= 11 is 0. The topological polar surface area (TPSA) is 61.8 Å². The van der Waals surface area contributed by atoms with Crippen molar-refractivity contribution in [2.24, 2.45) is 0 Å². The van der Waals surface area contributed by atoms with Gasteiger partial charge in [0.15, 0.2) is 6.10 Å². The highest BCUT2D eigenvalue weighted by Gasteiger charge is 2.17. The fourth-order valence-electron chi connectivity index (χ4n) is 5.79. The molecular weight excluding hydrogens is 741 g/mol. The van der Waals surface area contributed by atoms with E-state index in [1.54, 1.807) is 0 Å². The molecule has 0 rings (SSSR count). The molecule has 0 aliphatic rings. The second-order valence-corrected chi connectivity index (χ2v) is 14.9. The highest BCUT2D eigenvalue weighted by molar-refractivity contribution is 5.71. The smallest absolute Gasteiger partial charge is 0.309 e. The molecular formula is C55H86O5. The molecule has 0 aromatic carbocycles. The first-order chi connectivity index (χ1) is 29.6. The number of allylic oxidation sites excluding steroid dienone is 21. The van der Waals surface area contributed by atoms with Gasteiger partial charge in [0.05, 0.1) is 13.0 Å². The fraction of sp³-hybridized carbons (Fsp3) is 0.564. The first kappa shape index (κ1) is 56.0. The molecule has 0 aromatic rings. The van der Waals surface area contributed by atoms with Crippen molar-refractivity contribution in [3.8, 4) is 0 Å². The molecule has 0 aromatic heterocycles. The Morgan fingerprint density at radius 2 is 0.750 bits per heavy atom. The van der Waals surface area contributed by atoms with Crippen LogP contribution in [-0.4, -0.2) is 37.9 Å². The summed E-state index contributed by atoms with van der Waals surface area (Å²) in [5, 5.41) is 0. The molecule has 0 radical (unpaired) electrons. The van der Waals surface area contributed by atoms with Crippen molar-refractivity contribution < 1.29 is 23.8 Å². The number of unbranched alkanes of at least 4 members (excludes halogenated alkanes) is 9. The lowest BCUT2D eigenvalue weighted by Gasteiger charge is -2.18. The summed E-state index contributed by atoms with van der Waals surface area (Å²) in [6.45, 7) is 7.28. The number of ether oxygens (including phenoxy) is 3. The quantitative estimate of drug-likeness (QED) is 0.0349. The molecule has 0 spiro atoms. The molecule has 0 saturated heterocycles. The lowest BCUT2D eigenvalue weighted by molar-refractivity contribution is -0.162. The van der Waals surface area contributed by atoms with Crippen LogP contribution in [-0.2, 0) is 23.8 Å². The monoisotopic (exact) mass is 827 g/mol. The molecule has 1 atom stereocenters. The maximum absolute atomic E-state index is 12.8. The zero-order chi connectivity index (χ0) is 43.5. The van der Waals surface area contributed by atoms with Crippen molar-refractivity contribution in [2.45, 2.75) is 181 Å². The van der Waals surface area contributed by atoms with Crippen LogP contribution in [0.1, 0.15) is 175 Å². The minimum Gasteiger partial charge on any atom is -0.461 e. The van der Waals surface area contributed by atoms with Gasteiger partial charge in [0.25, 0.3) is 0 Å². The molecule has 0 N–H and O–H groups in total. The summed E-state index contributed by atoms with van der Waals surface area (Å²) < 4.78 is 17.2. The lowest BCUT2D eigenvalue weighted by atomic mass is 10.1. The molecule has 336 valence electrons. The van der Waals surface area contributed by atoms with Crippen molar-refractivity contribution in [2.75, 3.05) is 19.8 Å². The van der Waals surface area contributed by atoms with Crippen molar-refractivity contribution in [3.05, 3.63) is 134 Å². The van der Waals surface area contributed by atoms with E-state index in [4.69, 9.17) is 14.2 Å². The number of carbonyl (C=O) groups excluding carboxylic acids is 2. The van der Waals surface area contributed by atoms with E-state index in [0.29, 0.717) is 13.0 Å². The normalized spacial score (nSPS) is 13.4. The molecule has 0 aliphatic carbocycles. The van der Waals surface area contributed by atoms with Crippen LogP contribution < -0.4 is 0 Å². The van der Waals surface area contributed by atoms with E-state index in [2.05, 4.69) is 142 Å². The van der Waals surface area contributed by atoms with Crippen molar-refractivity contribution in [1.29, 1.82) is 0 Å². The van der Waals surface area contributed by atoms with Crippen LogP contribution in [0.4, 0.5) is 0 Å². The maximum Gasteiger partial charge on any atom is 0.309 e. The summed E-state index contributed by atoms with van der Waals surface area (Å²) in [4.78, 5) is 25.3. The van der Waals surface area contributed by atoms with Gasteiger partial charge < -0.3 is 14.2 Å². The maximum atomic E-state index is 12.8. The van der Waals surface area contributed by atoms with Gasteiger partial charge >= 0.3 is 11.9 Å². The third-order valence-corrected chi connectivity index (χ3v) is 9.20. The Morgan fingerprint density at radius 1 is 0.383 bits per heavy atom. The Bertz CT molecular complexity index is 1300. The number of esters is 2. The number of hydrogen-bond acceptors (Lipinski definition) is 5. The molecule has 0 amide bonds. The molecule has 0 aliphatic heterocycles. The average Bonchev–Trinajstić information content (AvgIpc) is 3.25. The van der Waals surface area contributed by atoms with Crippen LogP contribution in [0.3, 0.4) is 0 Å². The van der Waals surface area contributed by atoms with E-state index in [-0.39, 0.29) is 31.6 Å². The summed E-state index contributed by atoms with van der Waals surface area (Å²) in [6, 6.07) is 0. The molecule has 5 heteroatoms. The van der Waals surface area contributed by atoms with Crippen LogP contribution >= 0.6 is 0 Å². The van der Waals surface area contributed by atoms with Gasteiger partial charge in [-0.2, -0.15) is 0 Å². The van der Waals surface area contributed by atoms with Gasteiger partial charge in [0.1, 0.15) is 6.61 Å². The SMILES string of the molecule is CC/C=C\C/C=C\C/C=C\C/C=C\C/C=C\CC(=O)OCC(COCCCCCC/C=C\C/C=C\C/C=C\CC)OC(=O)CCCCCCC/C=C\C/C=C\C/C=C\CC. The van der Waals surface area contributed by atoms with E-state index in [1.807, 2.05) is 12.2 Å². The summed E-state index contributed by atoms with van der Waals surface area (Å²) in [5.74, 6) is -0.590. The predicted molar refractivity (Wildman–Crippen MR) is 260 cm³/mol. The standard InChI is InChI=1S/C55H86O5/c1-4-7-10-13-16-19-22-25-28-30-33-36-39-42-45-48-54(56)59-52-53(51-58-50-47-44-41-38-35-32-27-24-21-18-15-12-9-6-3)60-55(57)49-46-43-40-37-34-31-29-26-23-20-17-14-11-8-5-2/h7-12,16-21,25-29,32-33,36,42,45,53H,4-6,13-15,22-24,30-31,34-35,37-41,43-44,46-52H2,1-3H3/b10-7-,11-8-,12-9-,19-16-,20-17-,21-18-,28-25-,29-26-,32-27-,36-33-,45-42-. The Hall–Kier alpha value is -3.96. The summed E-state index contributed by atoms with van der Waals surface area (Å²) in [6.07, 6.45) is 70.5. The van der Waals surface area contributed by atoms with E-state index < -0.39 is 6.10 Å². The van der Waals surface area contributed by atoms with Crippen LogP contribution in [0, 0.1) is 0 Å². The molecule has 5 nitrogen and oxygen atoms in total. The summed E-state index contributed by atoms with van der Waals surface area (Å²) in [5.41, 5.74) is 0. The largest absolute Gasteiger partial charge is 0.461 e. The Labute approximate surface area is 369 Å². The van der Waals surface area contributed by atoms with Gasteiger partial charge in [-0.3, -0.25) is 9.59 Å². The zero-order valence-electron chi connectivity index (χ0n) is 38.4. The first-order valence-electron chi connectivity index (χ1n) is 23.7. The van der Waals surface area contributed by atoms with Crippen LogP contribution in [0.5, 0.6) is 0 Å². The Balaban J connectivity index is 4.50. The van der Waals surface area contributed by atoms with E-state index in [1.165, 1.54) is 12.8 Å². The predicted octanol–water partition coefficient (Wildman–Crippen LogP) is 16.0. The molecule has 60 heavy (non-hydrogen) atoms. The number of rotatable bonds is 41. The highest BCUT2D eigenvalue weighted by Crippen LogP contribution is 2.11. The first-order valence-corrected chi connectivity index (χ1v) is 23.7. The van der Waals surface area contributed by atoms with Gasteiger partial charge in [-0.1, -0.05) is 187 Å². The van der Waals surface area contributed by atoms with E-state index >= 15 is 0 Å². The minimum atomic E-state index is -0.605. The third kappa shape index (κ3) is 46.7. The van der Waals surface area contributed by atoms with Gasteiger partial charge in [0, 0.05) is 13.0 Å². The van der Waals surface area contributed by atoms with Gasteiger partial charge in [-0.15, -0.1) is 0 Å². The Morgan fingerprint density at radius 3 is 1.20 bits per heavy atom. The summed E-state index contributed by atoms with van der Waals surface area (Å²) in [7, 11) is 0. The van der Waals surface area contributed by atoms with Crippen molar-refractivity contribution in [1.82, 2.24) is 0 Å². The van der Waals surface area contributed by atoms with Gasteiger partial charge in [-0.05, 0) is 109 Å². The third-order valence-electron chi connectivity index (χ3n) is 9.20. The Kier molecular flexibility index (Phi) is 46.1.